The fourth-order valence-electron chi connectivity index (χ4n) is 2.88. The molecule has 0 aliphatic carbocycles. The summed E-state index contributed by atoms with van der Waals surface area (Å²) in [5.74, 6) is 0.683. The Morgan fingerprint density at radius 2 is 2.19 bits per heavy atom. The number of rotatable bonds is 4. The average molecular weight is 349 g/mol. The minimum atomic E-state index is -0.131. The summed E-state index contributed by atoms with van der Waals surface area (Å²) < 4.78 is 7.57. The molecule has 1 aliphatic heterocycles. The molecule has 3 aromatic rings. The summed E-state index contributed by atoms with van der Waals surface area (Å²) >= 11 is 0. The number of hydrazone groups is 1. The number of hydrogen-bond donors (Lipinski definition) is 0. The summed E-state index contributed by atoms with van der Waals surface area (Å²) in [7, 11) is 1.93. The normalized spacial score (nSPS) is 16.8. The molecule has 0 N–H and O–H groups in total. The quantitative estimate of drug-likeness (QED) is 0.722. The van der Waals surface area contributed by atoms with Crippen LogP contribution in [-0.4, -0.2) is 39.6 Å². The van der Waals surface area contributed by atoms with Gasteiger partial charge < -0.3 is 9.75 Å². The van der Waals surface area contributed by atoms with E-state index in [1.165, 1.54) is 6.07 Å². The highest BCUT2D eigenvalue weighted by molar-refractivity contribution is 5.79. The van der Waals surface area contributed by atoms with E-state index in [9.17, 15) is 4.79 Å². The summed E-state index contributed by atoms with van der Waals surface area (Å²) in [5, 5.41) is 11.6. The Hall–Kier alpha value is -3.22. The topological polar surface area (TPSA) is 72.6 Å². The largest absolute Gasteiger partial charge is 0.487 e. The molecule has 1 aromatic carbocycles. The van der Waals surface area contributed by atoms with E-state index in [1.54, 1.807) is 17.1 Å². The summed E-state index contributed by atoms with van der Waals surface area (Å²) in [6.45, 7) is 0.973. The number of nitrogens with zero attached hydrogens (tertiary/aromatic N) is 5. The van der Waals surface area contributed by atoms with Crippen molar-refractivity contribution in [2.24, 2.45) is 5.10 Å². The van der Waals surface area contributed by atoms with E-state index in [-0.39, 0.29) is 18.1 Å². The van der Waals surface area contributed by atoms with Crippen LogP contribution in [0.15, 0.2) is 58.7 Å². The molecule has 0 radical (unpaired) electrons. The molecule has 1 aliphatic rings. The molecule has 0 saturated heterocycles. The highest BCUT2D eigenvalue weighted by Gasteiger charge is 2.15. The minimum absolute atomic E-state index is 0.0530. The molecular formula is C19H19N5O2. The first-order valence-corrected chi connectivity index (χ1v) is 8.50. The van der Waals surface area contributed by atoms with Gasteiger partial charge in [0.1, 0.15) is 18.1 Å². The Balaban J connectivity index is 1.52. The summed E-state index contributed by atoms with van der Waals surface area (Å²) in [5.41, 5.74) is 1.15. The number of hydrogen-bond acceptors (Lipinski definition) is 6. The second kappa shape index (κ2) is 6.95. The van der Waals surface area contributed by atoms with Crippen molar-refractivity contribution in [1.29, 1.82) is 0 Å². The van der Waals surface area contributed by atoms with E-state index in [0.29, 0.717) is 11.4 Å². The average Bonchev–Trinajstić information content (AvgIpc) is 2.68. The van der Waals surface area contributed by atoms with Crippen molar-refractivity contribution in [3.63, 3.8) is 0 Å². The predicted octanol–water partition coefficient (Wildman–Crippen LogP) is 2.23. The van der Waals surface area contributed by atoms with Crippen LogP contribution in [0.2, 0.25) is 0 Å². The van der Waals surface area contributed by atoms with Crippen molar-refractivity contribution in [3.8, 4) is 5.75 Å². The molecule has 0 saturated carbocycles. The van der Waals surface area contributed by atoms with Gasteiger partial charge in [0.15, 0.2) is 0 Å². The van der Waals surface area contributed by atoms with Gasteiger partial charge >= 0.3 is 0 Å². The van der Waals surface area contributed by atoms with E-state index in [4.69, 9.17) is 4.74 Å². The maximum Gasteiger partial charge on any atom is 0.206 e. The molecule has 2 aromatic heterocycles. The van der Waals surface area contributed by atoms with Crippen molar-refractivity contribution >= 4 is 17.1 Å². The lowest BCUT2D eigenvalue weighted by Crippen LogP contribution is -2.28. The van der Waals surface area contributed by atoms with E-state index >= 15 is 0 Å². The van der Waals surface area contributed by atoms with Gasteiger partial charge in [-0.05, 0) is 30.7 Å². The first-order chi connectivity index (χ1) is 12.7. The van der Waals surface area contributed by atoms with Gasteiger partial charge in [0, 0.05) is 43.7 Å². The zero-order valence-corrected chi connectivity index (χ0v) is 14.4. The van der Waals surface area contributed by atoms with Crippen molar-refractivity contribution in [3.05, 3.63) is 64.7 Å². The molecule has 7 heteroatoms. The maximum atomic E-state index is 12.1. The van der Waals surface area contributed by atoms with E-state index in [2.05, 4.69) is 15.2 Å². The van der Waals surface area contributed by atoms with Crippen LogP contribution >= 0.6 is 0 Å². The highest BCUT2D eigenvalue weighted by Crippen LogP contribution is 2.19. The van der Waals surface area contributed by atoms with Crippen LogP contribution in [0.1, 0.15) is 18.2 Å². The molecule has 7 nitrogen and oxygen atoms in total. The third kappa shape index (κ3) is 3.42. The Bertz CT molecular complexity index is 1010. The van der Waals surface area contributed by atoms with Gasteiger partial charge in [-0.25, -0.2) is 0 Å². The first kappa shape index (κ1) is 16.3. The number of ether oxygens (including phenoxy) is 1. The number of pyridine rings is 1. The Labute approximate surface area is 150 Å². The third-order valence-electron chi connectivity index (χ3n) is 4.37. The van der Waals surface area contributed by atoms with Crippen molar-refractivity contribution in [2.45, 2.75) is 19.1 Å². The zero-order valence-electron chi connectivity index (χ0n) is 14.4. The van der Waals surface area contributed by atoms with Gasteiger partial charge in [-0.2, -0.15) is 10.2 Å². The second-order valence-corrected chi connectivity index (χ2v) is 6.26. The lowest BCUT2D eigenvalue weighted by Gasteiger charge is -2.24. The Kier molecular flexibility index (Phi) is 4.35. The molecule has 4 rings (SSSR count). The molecular weight excluding hydrogens is 330 g/mol. The van der Waals surface area contributed by atoms with Crippen LogP contribution in [0.5, 0.6) is 5.75 Å². The molecule has 132 valence electrons. The molecule has 1 atom stereocenters. The molecule has 0 fully saturated rings. The van der Waals surface area contributed by atoms with Crippen molar-refractivity contribution in [2.75, 3.05) is 13.6 Å². The summed E-state index contributed by atoms with van der Waals surface area (Å²) in [4.78, 5) is 16.4. The molecule has 0 bridgehead atoms. The zero-order chi connectivity index (χ0) is 17.9. The number of fused-ring (bicyclic) bond motifs is 1. The number of benzene rings is 1. The van der Waals surface area contributed by atoms with Crippen LogP contribution in [0, 0.1) is 0 Å². The lowest BCUT2D eigenvalue weighted by molar-refractivity contribution is 0.286. The smallest absolute Gasteiger partial charge is 0.206 e. The van der Waals surface area contributed by atoms with Gasteiger partial charge in [-0.1, -0.05) is 6.07 Å². The van der Waals surface area contributed by atoms with E-state index in [1.807, 2.05) is 48.6 Å². The standard InChI is InChI=1S/C19H19N5O2/c1-23-9-6-15(12-21-23)24-10-7-19(25)18(22-24)13-26-16-4-5-17-14(11-16)3-2-8-20-17/h2-5,7-8,10-12,15H,6,9,13H2,1H3. The molecule has 0 amide bonds. The maximum absolute atomic E-state index is 12.1. The van der Waals surface area contributed by atoms with Crippen molar-refractivity contribution in [1.82, 2.24) is 19.8 Å². The van der Waals surface area contributed by atoms with Crippen LogP contribution in [-0.2, 0) is 6.61 Å². The molecule has 0 spiro atoms. The van der Waals surface area contributed by atoms with Gasteiger partial charge in [0.2, 0.25) is 5.43 Å². The summed E-state index contributed by atoms with van der Waals surface area (Å²) in [6, 6.07) is 11.1. The molecule has 1 unspecified atom stereocenters. The Morgan fingerprint density at radius 1 is 1.27 bits per heavy atom. The SMILES string of the molecule is CN1CCC(n2ccc(=O)c(COc3ccc4ncccc4c3)n2)C=N1. The van der Waals surface area contributed by atoms with Crippen molar-refractivity contribution < 1.29 is 4.74 Å². The minimum Gasteiger partial charge on any atom is -0.487 e. The first-order valence-electron chi connectivity index (χ1n) is 8.50. The van der Waals surface area contributed by atoms with Crippen LogP contribution < -0.4 is 10.2 Å². The molecule has 26 heavy (non-hydrogen) atoms. The van der Waals surface area contributed by atoms with E-state index in [0.717, 1.165) is 23.9 Å². The van der Waals surface area contributed by atoms with Crippen LogP contribution in [0.3, 0.4) is 0 Å². The van der Waals surface area contributed by atoms with Gasteiger partial charge in [0.05, 0.1) is 11.6 Å². The van der Waals surface area contributed by atoms with Gasteiger partial charge in [0.25, 0.3) is 0 Å². The highest BCUT2D eigenvalue weighted by atomic mass is 16.5. The lowest BCUT2D eigenvalue weighted by atomic mass is 10.2. The molecule has 3 heterocycles. The number of aromatic nitrogens is 3. The second-order valence-electron chi connectivity index (χ2n) is 6.26. The fourth-order valence-corrected chi connectivity index (χ4v) is 2.88. The predicted molar refractivity (Wildman–Crippen MR) is 99.3 cm³/mol. The Morgan fingerprint density at radius 3 is 3.04 bits per heavy atom. The van der Waals surface area contributed by atoms with Gasteiger partial charge in [-0.3, -0.25) is 14.5 Å². The fraction of sp³-hybridized carbons (Fsp3) is 0.263. The van der Waals surface area contributed by atoms with E-state index < -0.39 is 0 Å². The van der Waals surface area contributed by atoms with Crippen LogP contribution in [0.25, 0.3) is 10.9 Å². The third-order valence-corrected chi connectivity index (χ3v) is 4.37. The monoisotopic (exact) mass is 349 g/mol. The van der Waals surface area contributed by atoms with Crippen LogP contribution in [0.4, 0.5) is 0 Å². The van der Waals surface area contributed by atoms with Gasteiger partial charge in [-0.15, -0.1) is 0 Å². The summed E-state index contributed by atoms with van der Waals surface area (Å²) in [6.07, 6.45) is 6.21.